The zero-order chi connectivity index (χ0) is 19.2. The molecule has 2 N–H and O–H groups in total. The molecule has 0 spiro atoms. The van der Waals surface area contributed by atoms with Crippen molar-refractivity contribution in [3.8, 4) is 0 Å². The van der Waals surface area contributed by atoms with Crippen LogP contribution in [0.5, 0.6) is 0 Å². The Kier molecular flexibility index (Phi) is 7.08. The van der Waals surface area contributed by atoms with Crippen molar-refractivity contribution in [1.82, 2.24) is 15.5 Å². The number of aryl methyl sites for hydroxylation is 1. The number of amides is 4. The molecule has 26 heavy (non-hydrogen) atoms. The maximum atomic E-state index is 12.5. The molecule has 6 nitrogen and oxygen atoms in total. The van der Waals surface area contributed by atoms with E-state index in [4.69, 9.17) is 0 Å². The van der Waals surface area contributed by atoms with Gasteiger partial charge in [-0.15, -0.1) is 11.8 Å². The molecule has 1 fully saturated rings. The van der Waals surface area contributed by atoms with Crippen LogP contribution in [0.15, 0.2) is 29.2 Å². The molecule has 0 radical (unpaired) electrons. The Morgan fingerprint density at radius 2 is 1.96 bits per heavy atom. The SMILES string of the molecule is CCCC[C@]1(C)NC(=O)N(CC(=O)NCCSc2ccc(C)cc2)C1=O. The number of carbonyl (C=O) groups is 3. The summed E-state index contributed by atoms with van der Waals surface area (Å²) in [5.74, 6) is 0.0845. The lowest BCUT2D eigenvalue weighted by Gasteiger charge is -2.21. The second kappa shape index (κ2) is 9.07. The number of benzene rings is 1. The number of urea groups is 1. The van der Waals surface area contributed by atoms with Gasteiger partial charge in [-0.1, -0.05) is 37.5 Å². The summed E-state index contributed by atoms with van der Waals surface area (Å²) in [6.45, 7) is 6.04. The van der Waals surface area contributed by atoms with Gasteiger partial charge < -0.3 is 10.6 Å². The van der Waals surface area contributed by atoms with Crippen LogP contribution in [0.25, 0.3) is 0 Å². The van der Waals surface area contributed by atoms with Crippen molar-refractivity contribution in [1.29, 1.82) is 0 Å². The molecule has 1 aromatic rings. The van der Waals surface area contributed by atoms with Gasteiger partial charge in [-0.25, -0.2) is 4.79 Å². The highest BCUT2D eigenvalue weighted by Gasteiger charge is 2.47. The number of unbranched alkanes of at least 4 members (excludes halogenated alkanes) is 1. The highest BCUT2D eigenvalue weighted by molar-refractivity contribution is 7.99. The Hall–Kier alpha value is -2.02. The molecule has 1 aromatic carbocycles. The van der Waals surface area contributed by atoms with Crippen LogP contribution in [-0.2, 0) is 9.59 Å². The Bertz CT molecular complexity index is 662. The van der Waals surface area contributed by atoms with E-state index in [1.807, 2.05) is 38.1 Å². The number of hydrogen-bond acceptors (Lipinski definition) is 4. The molecule has 2 rings (SSSR count). The minimum absolute atomic E-state index is 0.235. The van der Waals surface area contributed by atoms with Crippen LogP contribution in [0, 0.1) is 6.92 Å². The molecule has 0 unspecified atom stereocenters. The number of carbonyl (C=O) groups excluding carboxylic acids is 3. The Morgan fingerprint density at radius 1 is 1.27 bits per heavy atom. The smallest absolute Gasteiger partial charge is 0.325 e. The van der Waals surface area contributed by atoms with Gasteiger partial charge in [0, 0.05) is 17.2 Å². The summed E-state index contributed by atoms with van der Waals surface area (Å²) in [5.41, 5.74) is 0.316. The van der Waals surface area contributed by atoms with Crippen molar-refractivity contribution in [2.75, 3.05) is 18.8 Å². The molecule has 0 saturated carbocycles. The average molecular weight is 378 g/mol. The third-order valence-corrected chi connectivity index (χ3v) is 5.40. The largest absolute Gasteiger partial charge is 0.354 e. The Balaban J connectivity index is 1.75. The second-order valence-electron chi connectivity index (χ2n) is 6.77. The molecule has 7 heteroatoms. The summed E-state index contributed by atoms with van der Waals surface area (Å²) in [7, 11) is 0. The summed E-state index contributed by atoms with van der Waals surface area (Å²) < 4.78 is 0. The quantitative estimate of drug-likeness (QED) is 0.394. The van der Waals surface area contributed by atoms with Crippen LogP contribution in [-0.4, -0.2) is 47.1 Å². The van der Waals surface area contributed by atoms with Gasteiger partial charge in [0.15, 0.2) is 0 Å². The van der Waals surface area contributed by atoms with Crippen LogP contribution >= 0.6 is 11.8 Å². The molecule has 0 aromatic heterocycles. The lowest BCUT2D eigenvalue weighted by molar-refractivity contribution is -0.134. The zero-order valence-electron chi connectivity index (χ0n) is 15.6. The van der Waals surface area contributed by atoms with Crippen molar-refractivity contribution in [2.45, 2.75) is 50.5 Å². The fourth-order valence-electron chi connectivity index (χ4n) is 2.78. The first-order chi connectivity index (χ1) is 12.4. The standard InChI is InChI=1S/C19H27N3O3S/c1-4-5-10-19(3)17(24)22(18(25)21-19)13-16(23)20-11-12-26-15-8-6-14(2)7-9-15/h6-9H,4-5,10-13H2,1-3H3,(H,20,23)(H,21,25)/t19-/m0/s1. The Labute approximate surface area is 159 Å². The van der Waals surface area contributed by atoms with E-state index >= 15 is 0 Å². The second-order valence-corrected chi connectivity index (χ2v) is 7.94. The zero-order valence-corrected chi connectivity index (χ0v) is 16.4. The van der Waals surface area contributed by atoms with E-state index in [9.17, 15) is 14.4 Å². The van der Waals surface area contributed by atoms with E-state index in [2.05, 4.69) is 10.6 Å². The molecular formula is C19H27N3O3S. The van der Waals surface area contributed by atoms with E-state index in [0.717, 1.165) is 28.4 Å². The average Bonchev–Trinajstić information content (AvgIpc) is 2.82. The van der Waals surface area contributed by atoms with E-state index in [0.29, 0.717) is 13.0 Å². The van der Waals surface area contributed by atoms with Gasteiger partial charge in [0.05, 0.1) is 0 Å². The highest BCUT2D eigenvalue weighted by Crippen LogP contribution is 2.23. The molecular weight excluding hydrogens is 350 g/mol. The van der Waals surface area contributed by atoms with Crippen LogP contribution in [0.2, 0.25) is 0 Å². The van der Waals surface area contributed by atoms with Gasteiger partial charge in [-0.3, -0.25) is 14.5 Å². The van der Waals surface area contributed by atoms with Crippen molar-refractivity contribution in [3.05, 3.63) is 29.8 Å². The molecule has 1 aliphatic rings. The molecule has 1 heterocycles. The first-order valence-corrected chi connectivity index (χ1v) is 9.94. The molecule has 4 amide bonds. The van der Waals surface area contributed by atoms with Crippen LogP contribution < -0.4 is 10.6 Å². The number of thioether (sulfide) groups is 1. The maximum Gasteiger partial charge on any atom is 0.325 e. The van der Waals surface area contributed by atoms with Gasteiger partial charge in [-0.2, -0.15) is 0 Å². The van der Waals surface area contributed by atoms with E-state index in [1.54, 1.807) is 18.7 Å². The van der Waals surface area contributed by atoms with Crippen molar-refractivity contribution < 1.29 is 14.4 Å². The van der Waals surface area contributed by atoms with E-state index in [-0.39, 0.29) is 18.4 Å². The number of nitrogens with one attached hydrogen (secondary N) is 2. The van der Waals surface area contributed by atoms with Gasteiger partial charge in [0.1, 0.15) is 12.1 Å². The maximum absolute atomic E-state index is 12.5. The minimum atomic E-state index is -0.894. The van der Waals surface area contributed by atoms with E-state index < -0.39 is 11.6 Å². The highest BCUT2D eigenvalue weighted by atomic mass is 32.2. The number of imide groups is 1. The molecule has 1 aliphatic heterocycles. The topological polar surface area (TPSA) is 78.5 Å². The van der Waals surface area contributed by atoms with Crippen LogP contribution in [0.4, 0.5) is 4.79 Å². The molecule has 0 bridgehead atoms. The predicted molar refractivity (Wildman–Crippen MR) is 103 cm³/mol. The molecule has 142 valence electrons. The van der Waals surface area contributed by atoms with Crippen molar-refractivity contribution in [2.24, 2.45) is 0 Å². The van der Waals surface area contributed by atoms with Gasteiger partial charge in [0.25, 0.3) is 5.91 Å². The number of nitrogens with zero attached hydrogens (tertiary/aromatic N) is 1. The lowest BCUT2D eigenvalue weighted by atomic mass is 9.95. The summed E-state index contributed by atoms with van der Waals surface area (Å²) in [6, 6.07) is 7.71. The third-order valence-electron chi connectivity index (χ3n) is 4.39. The monoisotopic (exact) mass is 377 g/mol. The molecule has 1 atom stereocenters. The first kappa shape index (κ1) is 20.3. The predicted octanol–water partition coefficient (Wildman–Crippen LogP) is 2.70. The van der Waals surface area contributed by atoms with Crippen molar-refractivity contribution in [3.63, 3.8) is 0 Å². The van der Waals surface area contributed by atoms with Crippen LogP contribution in [0.3, 0.4) is 0 Å². The van der Waals surface area contributed by atoms with Gasteiger partial charge in [-0.05, 0) is 32.4 Å². The third kappa shape index (κ3) is 5.24. The summed E-state index contributed by atoms with van der Waals surface area (Å²) in [6.07, 6.45) is 2.37. The minimum Gasteiger partial charge on any atom is -0.354 e. The Morgan fingerprint density at radius 3 is 2.62 bits per heavy atom. The van der Waals surface area contributed by atoms with Gasteiger partial charge >= 0.3 is 6.03 Å². The lowest BCUT2D eigenvalue weighted by Crippen LogP contribution is -2.45. The summed E-state index contributed by atoms with van der Waals surface area (Å²) in [5, 5.41) is 5.49. The fraction of sp³-hybridized carbons (Fsp3) is 0.526. The van der Waals surface area contributed by atoms with Crippen LogP contribution in [0.1, 0.15) is 38.7 Å². The number of hydrogen-bond donors (Lipinski definition) is 2. The summed E-state index contributed by atoms with van der Waals surface area (Å²) in [4.78, 5) is 38.8. The molecule has 0 aliphatic carbocycles. The van der Waals surface area contributed by atoms with Crippen molar-refractivity contribution >= 4 is 29.6 Å². The number of rotatable bonds is 9. The summed E-state index contributed by atoms with van der Waals surface area (Å²) >= 11 is 1.65. The first-order valence-electron chi connectivity index (χ1n) is 8.96. The molecule has 1 saturated heterocycles. The van der Waals surface area contributed by atoms with E-state index in [1.165, 1.54) is 5.56 Å². The van der Waals surface area contributed by atoms with Gasteiger partial charge in [0.2, 0.25) is 5.91 Å². The fourth-order valence-corrected chi connectivity index (χ4v) is 3.55. The normalized spacial score (nSPS) is 19.6.